The maximum absolute atomic E-state index is 10.2. The predicted octanol–water partition coefficient (Wildman–Crippen LogP) is 0.667. The maximum Gasteiger partial charge on any atom is 0.342 e. The lowest BCUT2D eigenvalue weighted by molar-refractivity contribution is -0.234. The van der Waals surface area contributed by atoms with Crippen LogP contribution in [0.3, 0.4) is 0 Å². The van der Waals surface area contributed by atoms with Crippen LogP contribution in [-0.4, -0.2) is 34.3 Å². The number of carbonyl (C=O) groups is 1. The molecular formula is C6H14MgO3. The standard InChI is InChI=1S/C6H12O3.Mg.2H/c1-2-3-4-5-6(7)9-8;;;/h8H,2-5H2,1H3;;;. The van der Waals surface area contributed by atoms with Gasteiger partial charge in [-0.05, 0) is 6.42 Å². The summed E-state index contributed by atoms with van der Waals surface area (Å²) < 4.78 is 0. The summed E-state index contributed by atoms with van der Waals surface area (Å²) in [7, 11) is 0. The third-order valence-electron chi connectivity index (χ3n) is 1.09. The van der Waals surface area contributed by atoms with Gasteiger partial charge in [-0.2, -0.15) is 5.26 Å². The number of unbranched alkanes of at least 4 members (excludes halogenated alkanes) is 2. The molecule has 58 valence electrons. The Labute approximate surface area is 76.8 Å². The second-order valence-electron chi connectivity index (χ2n) is 1.92. The molecule has 0 bridgehead atoms. The highest BCUT2D eigenvalue weighted by Gasteiger charge is 1.98. The van der Waals surface area contributed by atoms with Crippen LogP contribution in [0, 0.1) is 0 Å². The molecule has 0 aromatic rings. The van der Waals surface area contributed by atoms with E-state index in [0.717, 1.165) is 19.3 Å². The molecule has 0 rings (SSSR count). The molecule has 10 heavy (non-hydrogen) atoms. The maximum atomic E-state index is 10.2. The quantitative estimate of drug-likeness (QED) is 0.283. The summed E-state index contributed by atoms with van der Waals surface area (Å²) in [6.07, 6.45) is 3.20. The summed E-state index contributed by atoms with van der Waals surface area (Å²) in [5, 5.41) is 7.78. The first-order valence-electron chi connectivity index (χ1n) is 3.15. The van der Waals surface area contributed by atoms with E-state index in [2.05, 4.69) is 4.89 Å². The lowest BCUT2D eigenvalue weighted by Crippen LogP contribution is -1.99. The molecule has 1 N–H and O–H groups in total. The van der Waals surface area contributed by atoms with E-state index in [1.807, 2.05) is 6.92 Å². The number of rotatable bonds is 4. The number of hydrogen-bond acceptors (Lipinski definition) is 3. The van der Waals surface area contributed by atoms with Crippen LogP contribution in [0.5, 0.6) is 0 Å². The van der Waals surface area contributed by atoms with Gasteiger partial charge in [0.25, 0.3) is 0 Å². The Morgan fingerprint density at radius 3 is 2.50 bits per heavy atom. The Kier molecular flexibility index (Phi) is 11.8. The molecule has 0 aromatic heterocycles. The first kappa shape index (κ1) is 12.8. The van der Waals surface area contributed by atoms with Crippen LogP contribution in [0.4, 0.5) is 0 Å². The SMILES string of the molecule is CCCCCC(=O)OO.[MgH2]. The molecule has 0 aliphatic rings. The summed E-state index contributed by atoms with van der Waals surface area (Å²) in [4.78, 5) is 13.7. The van der Waals surface area contributed by atoms with Crippen molar-refractivity contribution in [2.45, 2.75) is 32.6 Å². The third kappa shape index (κ3) is 8.20. The average Bonchev–Trinajstić information content (AvgIpc) is 1.89. The van der Waals surface area contributed by atoms with Gasteiger partial charge in [-0.25, -0.2) is 4.79 Å². The molecule has 0 saturated carbocycles. The zero-order valence-corrected chi connectivity index (χ0v) is 5.59. The first-order chi connectivity index (χ1) is 4.31. The lowest BCUT2D eigenvalue weighted by atomic mass is 10.2. The monoisotopic (exact) mass is 158 g/mol. The average molecular weight is 158 g/mol. The molecular weight excluding hydrogens is 144 g/mol. The van der Waals surface area contributed by atoms with Crippen LogP contribution in [0.1, 0.15) is 32.6 Å². The van der Waals surface area contributed by atoms with Crippen LogP contribution < -0.4 is 0 Å². The van der Waals surface area contributed by atoms with Gasteiger partial charge in [-0.3, -0.25) is 0 Å². The summed E-state index contributed by atoms with van der Waals surface area (Å²) in [5.41, 5.74) is 0. The third-order valence-corrected chi connectivity index (χ3v) is 1.09. The lowest BCUT2D eigenvalue weighted by Gasteiger charge is -1.93. The van der Waals surface area contributed by atoms with Crippen LogP contribution in [0.2, 0.25) is 0 Å². The molecule has 0 fully saturated rings. The molecule has 0 atom stereocenters. The molecule has 0 aromatic carbocycles. The largest absolute Gasteiger partial charge is 0.342 e. The number of carbonyl (C=O) groups excluding carboxylic acids is 1. The van der Waals surface area contributed by atoms with E-state index in [1.54, 1.807) is 0 Å². The minimum atomic E-state index is -0.538. The van der Waals surface area contributed by atoms with Crippen molar-refractivity contribution in [1.82, 2.24) is 0 Å². The molecule has 0 heterocycles. The van der Waals surface area contributed by atoms with Gasteiger partial charge in [0, 0.05) is 6.42 Å². The van der Waals surface area contributed by atoms with Gasteiger partial charge in [-0.1, -0.05) is 19.8 Å². The Bertz CT molecular complexity index is 85.1. The van der Waals surface area contributed by atoms with E-state index in [4.69, 9.17) is 5.26 Å². The van der Waals surface area contributed by atoms with Crippen molar-refractivity contribution in [1.29, 1.82) is 0 Å². The molecule has 0 radical (unpaired) electrons. The normalized spacial score (nSPS) is 8.20. The highest BCUT2D eigenvalue weighted by atomic mass is 24.3. The predicted molar refractivity (Wildman–Crippen MR) is 41.4 cm³/mol. The molecule has 0 spiro atoms. The minimum absolute atomic E-state index is 0. The fourth-order valence-electron chi connectivity index (χ4n) is 0.565. The highest BCUT2D eigenvalue weighted by molar-refractivity contribution is 5.75. The van der Waals surface area contributed by atoms with Gasteiger partial charge >= 0.3 is 29.0 Å². The highest BCUT2D eigenvalue weighted by Crippen LogP contribution is 1.98. The summed E-state index contributed by atoms with van der Waals surface area (Å²) in [6.45, 7) is 2.05. The van der Waals surface area contributed by atoms with Gasteiger partial charge in [0.15, 0.2) is 0 Å². The topological polar surface area (TPSA) is 46.5 Å². The Morgan fingerprint density at radius 2 is 2.10 bits per heavy atom. The fraction of sp³-hybridized carbons (Fsp3) is 0.833. The molecule has 0 amide bonds. The van der Waals surface area contributed by atoms with Crippen LogP contribution in [0.15, 0.2) is 0 Å². The molecule has 3 nitrogen and oxygen atoms in total. The Hall–Kier alpha value is 0.196. The van der Waals surface area contributed by atoms with Crippen molar-refractivity contribution >= 4 is 29.0 Å². The van der Waals surface area contributed by atoms with Crippen LogP contribution in [-0.2, 0) is 9.68 Å². The van der Waals surface area contributed by atoms with Crippen molar-refractivity contribution in [3.8, 4) is 0 Å². The Morgan fingerprint density at radius 1 is 1.50 bits per heavy atom. The van der Waals surface area contributed by atoms with E-state index in [9.17, 15) is 4.79 Å². The molecule has 0 unspecified atom stereocenters. The van der Waals surface area contributed by atoms with Crippen LogP contribution in [0.25, 0.3) is 0 Å². The molecule has 0 saturated heterocycles. The van der Waals surface area contributed by atoms with E-state index in [1.165, 1.54) is 0 Å². The Balaban J connectivity index is 0. The van der Waals surface area contributed by atoms with E-state index < -0.39 is 5.97 Å². The second-order valence-corrected chi connectivity index (χ2v) is 1.92. The van der Waals surface area contributed by atoms with Gasteiger partial charge in [0.2, 0.25) is 0 Å². The summed E-state index contributed by atoms with van der Waals surface area (Å²) in [5.74, 6) is -0.538. The van der Waals surface area contributed by atoms with Gasteiger partial charge < -0.3 is 4.89 Å². The zero-order chi connectivity index (χ0) is 7.11. The van der Waals surface area contributed by atoms with Crippen molar-refractivity contribution in [3.05, 3.63) is 0 Å². The van der Waals surface area contributed by atoms with Crippen molar-refractivity contribution in [3.63, 3.8) is 0 Å². The summed E-state index contributed by atoms with van der Waals surface area (Å²) in [6, 6.07) is 0. The fourth-order valence-corrected chi connectivity index (χ4v) is 0.565. The second kappa shape index (κ2) is 9.20. The smallest absolute Gasteiger partial charge is 0.301 e. The molecule has 4 heteroatoms. The summed E-state index contributed by atoms with van der Waals surface area (Å²) >= 11 is 0. The van der Waals surface area contributed by atoms with Gasteiger partial charge in [-0.15, -0.1) is 0 Å². The molecule has 0 aliphatic heterocycles. The van der Waals surface area contributed by atoms with E-state index in [-0.39, 0.29) is 23.1 Å². The number of hydrogen-bond donors (Lipinski definition) is 1. The van der Waals surface area contributed by atoms with E-state index >= 15 is 0 Å². The first-order valence-corrected chi connectivity index (χ1v) is 3.15. The van der Waals surface area contributed by atoms with Gasteiger partial charge in [0.05, 0.1) is 0 Å². The zero-order valence-electron chi connectivity index (χ0n) is 5.59. The minimum Gasteiger partial charge on any atom is -0.301 e. The van der Waals surface area contributed by atoms with Crippen LogP contribution >= 0.6 is 0 Å². The van der Waals surface area contributed by atoms with Crippen molar-refractivity contribution < 1.29 is 14.9 Å². The van der Waals surface area contributed by atoms with Gasteiger partial charge in [0.1, 0.15) is 0 Å². The van der Waals surface area contributed by atoms with Crippen molar-refractivity contribution in [2.75, 3.05) is 0 Å². The van der Waals surface area contributed by atoms with Crippen molar-refractivity contribution in [2.24, 2.45) is 0 Å². The van der Waals surface area contributed by atoms with E-state index in [0.29, 0.717) is 6.42 Å². The molecule has 0 aliphatic carbocycles.